The lowest BCUT2D eigenvalue weighted by Crippen LogP contribution is -2.47. The number of hydrogen-bond donors (Lipinski definition) is 0. The van der Waals surface area contributed by atoms with Crippen LogP contribution in [0.2, 0.25) is 0 Å². The zero-order valence-electron chi connectivity index (χ0n) is 9.12. The highest BCUT2D eigenvalue weighted by Crippen LogP contribution is 2.09. The second-order valence-corrected chi connectivity index (χ2v) is 3.64. The molecule has 0 aliphatic carbocycles. The molecule has 1 fully saturated rings. The molecule has 0 aromatic rings. The fourth-order valence-corrected chi connectivity index (χ4v) is 1.64. The Hall–Kier alpha value is -0.900. The van der Waals surface area contributed by atoms with Gasteiger partial charge in [-0.1, -0.05) is 0 Å². The van der Waals surface area contributed by atoms with E-state index < -0.39 is 0 Å². The van der Waals surface area contributed by atoms with E-state index in [4.69, 9.17) is 4.74 Å². The third-order valence-corrected chi connectivity index (χ3v) is 2.36. The van der Waals surface area contributed by atoms with Gasteiger partial charge in [-0.25, -0.2) is 0 Å². The molecule has 0 bridgehead atoms. The molecule has 0 saturated carbocycles. The second kappa shape index (κ2) is 5.10. The lowest BCUT2D eigenvalue weighted by atomic mass is 10.2. The van der Waals surface area contributed by atoms with Crippen molar-refractivity contribution in [3.05, 3.63) is 0 Å². The van der Waals surface area contributed by atoms with Gasteiger partial charge >= 0.3 is 0 Å². The Balaban J connectivity index is 2.63. The van der Waals surface area contributed by atoms with Crippen LogP contribution in [-0.4, -0.2) is 49.4 Å². The van der Waals surface area contributed by atoms with Crippen molar-refractivity contribution in [1.29, 1.82) is 0 Å². The van der Waals surface area contributed by atoms with Crippen molar-refractivity contribution in [2.24, 2.45) is 4.99 Å². The molecule has 1 rings (SSSR count). The van der Waals surface area contributed by atoms with Gasteiger partial charge in [-0.05, 0) is 13.8 Å². The average Bonchev–Trinajstić information content (AvgIpc) is 2.15. The summed E-state index contributed by atoms with van der Waals surface area (Å²) >= 11 is 0. The SMILES string of the molecule is CN=C(CC(C)=O)N1CCOCC1C. The van der Waals surface area contributed by atoms with Gasteiger partial charge in [-0.15, -0.1) is 0 Å². The Morgan fingerprint density at radius 3 is 2.86 bits per heavy atom. The molecule has 1 saturated heterocycles. The van der Waals surface area contributed by atoms with Crippen LogP contribution in [0.3, 0.4) is 0 Å². The van der Waals surface area contributed by atoms with Crippen LogP contribution in [0.15, 0.2) is 4.99 Å². The van der Waals surface area contributed by atoms with E-state index in [1.54, 1.807) is 14.0 Å². The minimum atomic E-state index is 0.157. The van der Waals surface area contributed by atoms with Gasteiger partial charge in [0.2, 0.25) is 0 Å². The molecule has 4 heteroatoms. The van der Waals surface area contributed by atoms with Crippen LogP contribution < -0.4 is 0 Å². The largest absolute Gasteiger partial charge is 0.377 e. The number of amidine groups is 1. The Morgan fingerprint density at radius 2 is 2.36 bits per heavy atom. The highest BCUT2D eigenvalue weighted by Gasteiger charge is 2.22. The Morgan fingerprint density at radius 1 is 1.64 bits per heavy atom. The summed E-state index contributed by atoms with van der Waals surface area (Å²) in [7, 11) is 1.74. The maximum absolute atomic E-state index is 11.0. The number of rotatable bonds is 2. The number of ether oxygens (including phenoxy) is 1. The summed E-state index contributed by atoms with van der Waals surface area (Å²) in [5.74, 6) is 1.04. The molecule has 0 aromatic heterocycles. The van der Waals surface area contributed by atoms with E-state index in [0.717, 1.165) is 25.6 Å². The van der Waals surface area contributed by atoms with E-state index in [2.05, 4.69) is 16.8 Å². The number of morpholine rings is 1. The molecular weight excluding hydrogens is 180 g/mol. The molecule has 4 nitrogen and oxygen atoms in total. The normalized spacial score (nSPS) is 23.8. The zero-order valence-corrected chi connectivity index (χ0v) is 9.12. The molecule has 0 N–H and O–H groups in total. The fourth-order valence-electron chi connectivity index (χ4n) is 1.64. The van der Waals surface area contributed by atoms with Gasteiger partial charge in [0.05, 0.1) is 25.7 Å². The standard InChI is InChI=1S/C10H18N2O2/c1-8-7-14-5-4-12(8)10(11-3)6-9(2)13/h8H,4-7H2,1-3H3. The van der Waals surface area contributed by atoms with Crippen molar-refractivity contribution in [2.45, 2.75) is 26.3 Å². The third kappa shape index (κ3) is 2.80. The molecule has 14 heavy (non-hydrogen) atoms. The molecule has 0 radical (unpaired) electrons. The first-order valence-electron chi connectivity index (χ1n) is 4.94. The summed E-state index contributed by atoms with van der Waals surface area (Å²) in [6.45, 7) is 5.96. The lowest BCUT2D eigenvalue weighted by Gasteiger charge is -2.35. The zero-order chi connectivity index (χ0) is 10.6. The average molecular weight is 198 g/mol. The predicted octanol–water partition coefficient (Wildman–Crippen LogP) is 0.715. The highest BCUT2D eigenvalue weighted by molar-refractivity contribution is 5.99. The maximum Gasteiger partial charge on any atom is 0.137 e. The quantitative estimate of drug-likeness (QED) is 0.485. The van der Waals surface area contributed by atoms with Crippen molar-refractivity contribution in [1.82, 2.24) is 4.90 Å². The number of nitrogens with zero attached hydrogens (tertiary/aromatic N) is 2. The summed E-state index contributed by atoms with van der Waals surface area (Å²) in [5.41, 5.74) is 0. The van der Waals surface area contributed by atoms with Crippen LogP contribution in [0, 0.1) is 0 Å². The molecule has 0 amide bonds. The van der Waals surface area contributed by atoms with Gasteiger partial charge in [-0.2, -0.15) is 0 Å². The Kier molecular flexibility index (Phi) is 4.07. The number of ketones is 1. The summed E-state index contributed by atoms with van der Waals surface area (Å²) in [6.07, 6.45) is 0.431. The first-order valence-corrected chi connectivity index (χ1v) is 4.94. The van der Waals surface area contributed by atoms with Crippen LogP contribution >= 0.6 is 0 Å². The summed E-state index contributed by atoms with van der Waals surface area (Å²) < 4.78 is 5.33. The van der Waals surface area contributed by atoms with Crippen molar-refractivity contribution in [3.8, 4) is 0 Å². The predicted molar refractivity (Wildman–Crippen MR) is 55.6 cm³/mol. The van der Waals surface area contributed by atoms with Crippen molar-refractivity contribution >= 4 is 11.6 Å². The third-order valence-electron chi connectivity index (χ3n) is 2.36. The summed E-state index contributed by atoms with van der Waals surface area (Å²) in [6, 6.07) is 0.321. The molecule has 0 aromatic carbocycles. The minimum absolute atomic E-state index is 0.157. The van der Waals surface area contributed by atoms with E-state index >= 15 is 0 Å². The van der Waals surface area contributed by atoms with Gasteiger partial charge in [-0.3, -0.25) is 9.79 Å². The first-order chi connectivity index (χ1) is 6.65. The number of aliphatic imine (C=N–C) groups is 1. The summed E-state index contributed by atoms with van der Waals surface area (Å²) in [4.78, 5) is 17.3. The van der Waals surface area contributed by atoms with Crippen LogP contribution in [0.25, 0.3) is 0 Å². The number of carbonyl (C=O) groups excluding carboxylic acids is 1. The topological polar surface area (TPSA) is 41.9 Å². The number of hydrogen-bond acceptors (Lipinski definition) is 3. The first kappa shape index (κ1) is 11.2. The molecule has 1 aliphatic heterocycles. The molecular formula is C10H18N2O2. The molecule has 1 unspecified atom stereocenters. The van der Waals surface area contributed by atoms with Gasteiger partial charge < -0.3 is 9.64 Å². The van der Waals surface area contributed by atoms with Gasteiger partial charge in [0.15, 0.2) is 0 Å². The van der Waals surface area contributed by atoms with Crippen LogP contribution in [0.5, 0.6) is 0 Å². The van der Waals surface area contributed by atoms with Crippen LogP contribution in [0.4, 0.5) is 0 Å². The van der Waals surface area contributed by atoms with E-state index in [1.807, 2.05) is 0 Å². The second-order valence-electron chi connectivity index (χ2n) is 3.64. The monoisotopic (exact) mass is 198 g/mol. The number of carbonyl (C=O) groups is 1. The molecule has 1 aliphatic rings. The fraction of sp³-hybridized carbons (Fsp3) is 0.800. The Labute approximate surface area is 84.9 Å². The molecule has 80 valence electrons. The Bertz CT molecular complexity index is 238. The van der Waals surface area contributed by atoms with Crippen LogP contribution in [0.1, 0.15) is 20.3 Å². The summed E-state index contributed by atoms with van der Waals surface area (Å²) in [5, 5.41) is 0. The number of Topliss-reactive ketones (excluding diaryl/α,β-unsaturated/α-hetero) is 1. The molecule has 0 spiro atoms. The smallest absolute Gasteiger partial charge is 0.137 e. The minimum Gasteiger partial charge on any atom is -0.377 e. The van der Waals surface area contributed by atoms with Crippen molar-refractivity contribution in [3.63, 3.8) is 0 Å². The van der Waals surface area contributed by atoms with E-state index in [-0.39, 0.29) is 5.78 Å². The van der Waals surface area contributed by atoms with Crippen LogP contribution in [-0.2, 0) is 9.53 Å². The molecule has 1 atom stereocenters. The van der Waals surface area contributed by atoms with E-state index in [0.29, 0.717) is 12.5 Å². The van der Waals surface area contributed by atoms with Gasteiger partial charge in [0, 0.05) is 13.6 Å². The molecule has 1 heterocycles. The lowest BCUT2D eigenvalue weighted by molar-refractivity contribution is -0.116. The van der Waals surface area contributed by atoms with Crippen molar-refractivity contribution in [2.75, 3.05) is 26.8 Å². The van der Waals surface area contributed by atoms with Gasteiger partial charge in [0.1, 0.15) is 11.6 Å². The highest BCUT2D eigenvalue weighted by atomic mass is 16.5. The maximum atomic E-state index is 11.0. The van der Waals surface area contributed by atoms with Gasteiger partial charge in [0.25, 0.3) is 0 Å². The van der Waals surface area contributed by atoms with E-state index in [9.17, 15) is 4.79 Å². The van der Waals surface area contributed by atoms with Crippen molar-refractivity contribution < 1.29 is 9.53 Å². The van der Waals surface area contributed by atoms with E-state index in [1.165, 1.54) is 0 Å².